The van der Waals surface area contributed by atoms with E-state index in [1.807, 2.05) is 0 Å². The highest BCUT2D eigenvalue weighted by Gasteiger charge is 2.49. The van der Waals surface area contributed by atoms with Gasteiger partial charge in [0.05, 0.1) is 27.6 Å². The first-order valence-electron chi connectivity index (χ1n) is 26.4. The molecular formula is C74H50N2. The van der Waals surface area contributed by atoms with Gasteiger partial charge in [-0.2, -0.15) is 0 Å². The van der Waals surface area contributed by atoms with E-state index in [1.165, 1.54) is 88.6 Å². The molecule has 0 spiro atoms. The SMILES string of the molecule is c1ccc(C2(c3ccc(N(c4ccc(-c5cccc(-n6c7ccccc7c7ccccc76)c5)cc4)c4cccc5c4C(c4ccccc4)(c4ccccc4)c4ccccc4-5)cc3)c3ccccc3-c3ccccc32)cc1. The second kappa shape index (κ2) is 17.4. The first-order valence-corrected chi connectivity index (χ1v) is 26.4. The predicted octanol–water partition coefficient (Wildman–Crippen LogP) is 18.6. The van der Waals surface area contributed by atoms with Crippen molar-refractivity contribution < 1.29 is 0 Å². The van der Waals surface area contributed by atoms with Gasteiger partial charge in [0.15, 0.2) is 0 Å². The number of hydrogen-bond donors (Lipinski definition) is 0. The monoisotopic (exact) mass is 966 g/mol. The van der Waals surface area contributed by atoms with Gasteiger partial charge in [-0.05, 0) is 127 Å². The smallest absolute Gasteiger partial charge is 0.0734 e. The van der Waals surface area contributed by atoms with Crippen molar-refractivity contribution in [3.63, 3.8) is 0 Å². The average molecular weight is 967 g/mol. The quantitative estimate of drug-likeness (QED) is 0.140. The molecule has 76 heavy (non-hydrogen) atoms. The van der Waals surface area contributed by atoms with E-state index < -0.39 is 10.8 Å². The Hall–Kier alpha value is -9.76. The number of anilines is 3. The molecule has 1 heterocycles. The predicted molar refractivity (Wildman–Crippen MR) is 316 cm³/mol. The molecule has 0 aliphatic heterocycles. The van der Waals surface area contributed by atoms with Gasteiger partial charge in [-0.3, -0.25) is 0 Å². The molecule has 0 saturated heterocycles. The molecule has 0 radical (unpaired) electrons. The van der Waals surface area contributed by atoms with Crippen LogP contribution < -0.4 is 4.90 Å². The van der Waals surface area contributed by atoms with Crippen molar-refractivity contribution in [2.45, 2.75) is 10.8 Å². The summed E-state index contributed by atoms with van der Waals surface area (Å²) in [6, 6.07) is 113. The second-order valence-electron chi connectivity index (χ2n) is 20.3. The Balaban J connectivity index is 0.941. The van der Waals surface area contributed by atoms with Crippen molar-refractivity contribution >= 4 is 38.9 Å². The number of hydrogen-bond acceptors (Lipinski definition) is 1. The van der Waals surface area contributed by atoms with Crippen LogP contribution >= 0.6 is 0 Å². The number of aromatic nitrogens is 1. The lowest BCUT2D eigenvalue weighted by Crippen LogP contribution is -2.30. The van der Waals surface area contributed by atoms with Crippen molar-refractivity contribution in [3.05, 3.63) is 348 Å². The summed E-state index contributed by atoms with van der Waals surface area (Å²) in [7, 11) is 0. The van der Waals surface area contributed by atoms with Crippen molar-refractivity contribution in [1.29, 1.82) is 0 Å². The van der Waals surface area contributed by atoms with Crippen LogP contribution in [-0.4, -0.2) is 4.57 Å². The van der Waals surface area contributed by atoms with Crippen molar-refractivity contribution in [2.75, 3.05) is 4.90 Å². The third kappa shape index (κ3) is 6.34. The Bertz CT molecular complexity index is 4180. The van der Waals surface area contributed by atoms with Crippen LogP contribution in [0.2, 0.25) is 0 Å². The summed E-state index contributed by atoms with van der Waals surface area (Å²) in [6.07, 6.45) is 0. The van der Waals surface area contributed by atoms with Crippen LogP contribution in [0.5, 0.6) is 0 Å². The summed E-state index contributed by atoms with van der Waals surface area (Å²) in [6.45, 7) is 0. The summed E-state index contributed by atoms with van der Waals surface area (Å²) < 4.78 is 2.40. The van der Waals surface area contributed by atoms with E-state index in [0.717, 1.165) is 33.9 Å². The van der Waals surface area contributed by atoms with Crippen LogP contribution in [0.25, 0.3) is 60.9 Å². The van der Waals surface area contributed by atoms with E-state index in [0.29, 0.717) is 0 Å². The zero-order valence-electron chi connectivity index (χ0n) is 41.8. The largest absolute Gasteiger partial charge is 0.310 e. The molecule has 15 rings (SSSR count). The fourth-order valence-electron chi connectivity index (χ4n) is 13.5. The molecule has 0 N–H and O–H groups in total. The van der Waals surface area contributed by atoms with E-state index in [1.54, 1.807) is 0 Å². The summed E-state index contributed by atoms with van der Waals surface area (Å²) in [5.74, 6) is 0. The third-order valence-electron chi connectivity index (χ3n) is 16.6. The Labute approximate surface area is 443 Å². The molecule has 2 aliphatic carbocycles. The highest BCUT2D eigenvalue weighted by Crippen LogP contribution is 2.61. The maximum absolute atomic E-state index is 2.51. The maximum Gasteiger partial charge on any atom is 0.0734 e. The maximum atomic E-state index is 2.51. The molecule has 0 amide bonds. The van der Waals surface area contributed by atoms with Crippen LogP contribution in [-0.2, 0) is 10.8 Å². The van der Waals surface area contributed by atoms with Gasteiger partial charge in [-0.1, -0.05) is 249 Å². The fraction of sp³-hybridized carbons (Fsp3) is 0.0270. The minimum absolute atomic E-state index is 0.515. The first kappa shape index (κ1) is 43.8. The molecule has 356 valence electrons. The van der Waals surface area contributed by atoms with Crippen LogP contribution in [0.3, 0.4) is 0 Å². The lowest BCUT2D eigenvalue weighted by Gasteiger charge is -2.38. The number of nitrogens with zero attached hydrogens (tertiary/aromatic N) is 2. The van der Waals surface area contributed by atoms with Gasteiger partial charge in [0, 0.05) is 33.4 Å². The van der Waals surface area contributed by atoms with Crippen molar-refractivity contribution in [2.24, 2.45) is 0 Å². The van der Waals surface area contributed by atoms with Crippen LogP contribution in [0, 0.1) is 0 Å². The zero-order valence-corrected chi connectivity index (χ0v) is 41.8. The third-order valence-corrected chi connectivity index (χ3v) is 16.6. The Morgan fingerprint density at radius 1 is 0.276 bits per heavy atom. The van der Waals surface area contributed by atoms with Crippen LogP contribution in [0.4, 0.5) is 17.1 Å². The van der Waals surface area contributed by atoms with Gasteiger partial charge in [0.2, 0.25) is 0 Å². The standard InChI is InChI=1S/C74H50N2/c1-4-23-53(24-5-1)73(66-36-15-10-30-60(66)61-31-11-16-37-67(61)73)56-44-48-58(49-45-56)75(57-46-42-51(43-47-57)52-22-20-29-59(50-52)76-69-39-18-13-33-63(69)64-34-14-19-40-70(64)76)71-41-21-35-65-62-32-12-17-38-68(62)74(72(65)71,54-25-6-2-7-26-54)55-27-8-3-9-28-55/h1-50H. The molecule has 2 aliphatic rings. The molecule has 12 aromatic carbocycles. The van der Waals surface area contributed by atoms with Gasteiger partial charge < -0.3 is 9.47 Å². The molecule has 2 nitrogen and oxygen atoms in total. The minimum atomic E-state index is -0.620. The second-order valence-corrected chi connectivity index (χ2v) is 20.3. The van der Waals surface area contributed by atoms with Gasteiger partial charge in [0.25, 0.3) is 0 Å². The summed E-state index contributed by atoms with van der Waals surface area (Å²) in [5.41, 5.74) is 23.2. The van der Waals surface area contributed by atoms with Gasteiger partial charge in [-0.15, -0.1) is 0 Å². The molecule has 0 atom stereocenters. The molecule has 0 bridgehead atoms. The lowest BCUT2D eigenvalue weighted by molar-refractivity contribution is 0.766. The van der Waals surface area contributed by atoms with E-state index in [4.69, 9.17) is 0 Å². The van der Waals surface area contributed by atoms with E-state index >= 15 is 0 Å². The van der Waals surface area contributed by atoms with E-state index in [9.17, 15) is 0 Å². The van der Waals surface area contributed by atoms with Crippen LogP contribution in [0.15, 0.2) is 303 Å². The van der Waals surface area contributed by atoms with Gasteiger partial charge in [0.1, 0.15) is 0 Å². The number of rotatable bonds is 9. The van der Waals surface area contributed by atoms with Gasteiger partial charge in [-0.25, -0.2) is 0 Å². The number of benzene rings is 12. The van der Waals surface area contributed by atoms with Gasteiger partial charge >= 0.3 is 0 Å². The normalized spacial score (nSPS) is 13.5. The Kier molecular flexibility index (Phi) is 10.0. The zero-order chi connectivity index (χ0) is 50.2. The molecule has 1 aromatic heterocycles. The highest BCUT2D eigenvalue weighted by atomic mass is 15.1. The van der Waals surface area contributed by atoms with Crippen molar-refractivity contribution in [3.8, 4) is 39.1 Å². The van der Waals surface area contributed by atoms with E-state index in [2.05, 4.69) is 313 Å². The summed E-state index contributed by atoms with van der Waals surface area (Å²) in [4.78, 5) is 2.51. The van der Waals surface area contributed by atoms with Crippen LogP contribution in [0.1, 0.15) is 44.5 Å². The molecule has 0 saturated carbocycles. The first-order chi connectivity index (χ1) is 37.7. The highest BCUT2D eigenvalue weighted by molar-refractivity contribution is 6.09. The molecule has 2 heteroatoms. The topological polar surface area (TPSA) is 8.17 Å². The number of para-hydroxylation sites is 2. The lowest BCUT2D eigenvalue weighted by atomic mass is 9.67. The Morgan fingerprint density at radius 2 is 0.684 bits per heavy atom. The van der Waals surface area contributed by atoms with Crippen molar-refractivity contribution in [1.82, 2.24) is 4.57 Å². The minimum Gasteiger partial charge on any atom is -0.310 e. The molecular weight excluding hydrogens is 917 g/mol. The Morgan fingerprint density at radius 3 is 1.24 bits per heavy atom. The number of fused-ring (bicyclic) bond motifs is 9. The molecule has 13 aromatic rings. The summed E-state index contributed by atoms with van der Waals surface area (Å²) in [5, 5.41) is 2.52. The average Bonchev–Trinajstić information content (AvgIpc) is 4.16. The fourth-order valence-corrected chi connectivity index (χ4v) is 13.5. The molecule has 0 unspecified atom stereocenters. The summed E-state index contributed by atoms with van der Waals surface area (Å²) >= 11 is 0. The van der Waals surface area contributed by atoms with E-state index in [-0.39, 0.29) is 0 Å². The molecule has 0 fully saturated rings.